The van der Waals surface area contributed by atoms with Gasteiger partial charge in [-0.1, -0.05) is 18.2 Å². The largest absolute Gasteiger partial charge is 0.496 e. The first kappa shape index (κ1) is 19.6. The normalized spacial score (nSPS) is 23.4. The standard InChI is InChI=1S/C20H28N2O5/c1-25-12-11-22-18(23)8-7-16(20(24)21-9-13-27-14-10-21)19(22)15-5-3-4-6-17(15)26-2/h3-6,16,19H,7-14H2,1-2H3/t16-,19+/m1/s1. The van der Waals surface area contributed by atoms with Gasteiger partial charge in [-0.25, -0.2) is 0 Å². The van der Waals surface area contributed by atoms with Gasteiger partial charge in [0, 0.05) is 38.7 Å². The molecule has 0 aromatic heterocycles. The third-order valence-corrected chi connectivity index (χ3v) is 5.34. The molecule has 2 amide bonds. The molecule has 0 N–H and O–H groups in total. The van der Waals surface area contributed by atoms with Gasteiger partial charge in [0.2, 0.25) is 11.8 Å². The van der Waals surface area contributed by atoms with Gasteiger partial charge in [-0.15, -0.1) is 0 Å². The Labute approximate surface area is 160 Å². The lowest BCUT2D eigenvalue weighted by Crippen LogP contribution is -2.51. The fraction of sp³-hybridized carbons (Fsp3) is 0.600. The number of hydrogen-bond acceptors (Lipinski definition) is 5. The van der Waals surface area contributed by atoms with Gasteiger partial charge in [0.1, 0.15) is 5.75 Å². The zero-order valence-electron chi connectivity index (χ0n) is 16.1. The van der Waals surface area contributed by atoms with Crippen molar-refractivity contribution in [2.24, 2.45) is 5.92 Å². The van der Waals surface area contributed by atoms with Crippen LogP contribution in [0.2, 0.25) is 0 Å². The van der Waals surface area contributed by atoms with Crippen LogP contribution < -0.4 is 4.74 Å². The molecule has 2 fully saturated rings. The van der Waals surface area contributed by atoms with E-state index in [2.05, 4.69) is 0 Å². The van der Waals surface area contributed by atoms with Gasteiger partial charge in [0.25, 0.3) is 0 Å². The van der Waals surface area contributed by atoms with E-state index in [0.29, 0.717) is 58.0 Å². The van der Waals surface area contributed by atoms with E-state index < -0.39 is 0 Å². The number of hydrogen-bond donors (Lipinski definition) is 0. The van der Waals surface area contributed by atoms with Crippen molar-refractivity contribution in [3.63, 3.8) is 0 Å². The summed E-state index contributed by atoms with van der Waals surface area (Å²) in [7, 11) is 3.23. The molecule has 0 radical (unpaired) electrons. The minimum atomic E-state index is -0.354. The molecule has 1 aromatic rings. The van der Waals surface area contributed by atoms with E-state index in [-0.39, 0.29) is 23.8 Å². The third kappa shape index (κ3) is 4.25. The Balaban J connectivity index is 1.96. The molecule has 7 nitrogen and oxygen atoms in total. The van der Waals surface area contributed by atoms with Crippen molar-refractivity contribution in [1.29, 1.82) is 0 Å². The van der Waals surface area contributed by atoms with E-state index in [0.717, 1.165) is 5.56 Å². The van der Waals surface area contributed by atoms with Crippen molar-refractivity contribution in [2.75, 3.05) is 53.7 Å². The number of nitrogens with zero attached hydrogens (tertiary/aromatic N) is 2. The van der Waals surface area contributed by atoms with Crippen LogP contribution in [0.15, 0.2) is 24.3 Å². The molecular weight excluding hydrogens is 348 g/mol. The number of para-hydroxylation sites is 1. The molecule has 148 valence electrons. The van der Waals surface area contributed by atoms with Crippen LogP contribution in [0.5, 0.6) is 5.75 Å². The molecule has 3 rings (SSSR count). The molecule has 2 saturated heterocycles. The van der Waals surface area contributed by atoms with Crippen molar-refractivity contribution in [3.05, 3.63) is 29.8 Å². The lowest BCUT2D eigenvalue weighted by atomic mass is 9.82. The van der Waals surface area contributed by atoms with E-state index in [1.807, 2.05) is 29.2 Å². The van der Waals surface area contributed by atoms with E-state index >= 15 is 0 Å². The Morgan fingerprint density at radius 3 is 2.67 bits per heavy atom. The highest BCUT2D eigenvalue weighted by Gasteiger charge is 2.43. The highest BCUT2D eigenvalue weighted by Crippen LogP contribution is 2.41. The fourth-order valence-corrected chi connectivity index (χ4v) is 3.98. The summed E-state index contributed by atoms with van der Waals surface area (Å²) in [5, 5.41) is 0. The summed E-state index contributed by atoms with van der Waals surface area (Å²) >= 11 is 0. The maximum atomic E-state index is 13.3. The van der Waals surface area contributed by atoms with Crippen molar-refractivity contribution < 1.29 is 23.8 Å². The first-order valence-electron chi connectivity index (χ1n) is 9.45. The molecule has 27 heavy (non-hydrogen) atoms. The number of likely N-dealkylation sites (tertiary alicyclic amines) is 1. The second kappa shape index (κ2) is 9.19. The number of methoxy groups -OCH3 is 2. The molecular formula is C20H28N2O5. The summed E-state index contributed by atoms with van der Waals surface area (Å²) in [5.41, 5.74) is 0.871. The Kier molecular flexibility index (Phi) is 6.68. The third-order valence-electron chi connectivity index (χ3n) is 5.34. The van der Waals surface area contributed by atoms with Gasteiger partial charge >= 0.3 is 0 Å². The molecule has 0 bridgehead atoms. The summed E-state index contributed by atoms with van der Waals surface area (Å²) in [6, 6.07) is 7.28. The SMILES string of the molecule is COCCN1C(=O)CC[C@@H](C(=O)N2CCOCC2)[C@@H]1c1ccccc1OC. The first-order valence-corrected chi connectivity index (χ1v) is 9.45. The number of rotatable bonds is 6. The number of amides is 2. The van der Waals surface area contributed by atoms with Gasteiger partial charge in [0.05, 0.1) is 38.9 Å². The van der Waals surface area contributed by atoms with Gasteiger partial charge in [-0.2, -0.15) is 0 Å². The Morgan fingerprint density at radius 2 is 1.96 bits per heavy atom. The highest BCUT2D eigenvalue weighted by molar-refractivity contribution is 5.85. The van der Waals surface area contributed by atoms with Gasteiger partial charge in [-0.05, 0) is 12.5 Å². The number of carbonyl (C=O) groups excluding carboxylic acids is 2. The summed E-state index contributed by atoms with van der Waals surface area (Å²) in [4.78, 5) is 29.7. The Hall–Kier alpha value is -2.12. The molecule has 2 heterocycles. The van der Waals surface area contributed by atoms with Gasteiger partial charge in [-0.3, -0.25) is 9.59 Å². The quantitative estimate of drug-likeness (QED) is 0.752. The predicted octanol–water partition coefficient (Wildman–Crippen LogP) is 1.48. The lowest BCUT2D eigenvalue weighted by Gasteiger charge is -2.43. The van der Waals surface area contributed by atoms with Crippen molar-refractivity contribution in [2.45, 2.75) is 18.9 Å². The fourth-order valence-electron chi connectivity index (χ4n) is 3.98. The molecule has 0 saturated carbocycles. The van der Waals surface area contributed by atoms with Gasteiger partial charge in [0.15, 0.2) is 0 Å². The molecule has 0 aliphatic carbocycles. The Morgan fingerprint density at radius 1 is 1.22 bits per heavy atom. The summed E-state index contributed by atoms with van der Waals surface area (Å²) in [5.74, 6) is 0.534. The molecule has 0 unspecified atom stereocenters. The summed E-state index contributed by atoms with van der Waals surface area (Å²) in [6.45, 7) is 3.19. The minimum Gasteiger partial charge on any atom is -0.496 e. The predicted molar refractivity (Wildman–Crippen MR) is 99.4 cm³/mol. The van der Waals surface area contributed by atoms with Crippen LogP contribution in [0.1, 0.15) is 24.4 Å². The van der Waals surface area contributed by atoms with E-state index in [4.69, 9.17) is 14.2 Å². The van der Waals surface area contributed by atoms with Crippen molar-refractivity contribution in [1.82, 2.24) is 9.80 Å². The number of benzene rings is 1. The zero-order chi connectivity index (χ0) is 19.2. The monoisotopic (exact) mass is 376 g/mol. The molecule has 2 aliphatic heterocycles. The maximum Gasteiger partial charge on any atom is 0.228 e. The average molecular weight is 376 g/mol. The number of piperidine rings is 1. The zero-order valence-corrected chi connectivity index (χ0v) is 16.1. The van der Waals surface area contributed by atoms with Crippen LogP contribution in [0.3, 0.4) is 0 Å². The topological polar surface area (TPSA) is 68.3 Å². The van der Waals surface area contributed by atoms with Crippen LogP contribution in [0.4, 0.5) is 0 Å². The number of morpholine rings is 1. The average Bonchev–Trinajstić information content (AvgIpc) is 2.72. The highest BCUT2D eigenvalue weighted by atomic mass is 16.5. The van der Waals surface area contributed by atoms with Crippen molar-refractivity contribution >= 4 is 11.8 Å². The summed E-state index contributed by atoms with van der Waals surface area (Å²) < 4.78 is 16.1. The minimum absolute atomic E-state index is 0.0500. The number of ether oxygens (including phenoxy) is 3. The van der Waals surface area contributed by atoms with Crippen LogP contribution in [-0.2, 0) is 19.1 Å². The van der Waals surface area contributed by atoms with Gasteiger partial charge < -0.3 is 24.0 Å². The second-order valence-electron chi connectivity index (χ2n) is 6.85. The smallest absolute Gasteiger partial charge is 0.228 e. The molecule has 7 heteroatoms. The van der Waals surface area contributed by atoms with E-state index in [1.165, 1.54) is 0 Å². The first-order chi connectivity index (χ1) is 13.2. The molecule has 2 aliphatic rings. The van der Waals surface area contributed by atoms with E-state index in [1.54, 1.807) is 19.1 Å². The number of carbonyl (C=O) groups is 2. The molecule has 0 spiro atoms. The summed E-state index contributed by atoms with van der Waals surface area (Å²) in [6.07, 6.45) is 0.914. The molecule has 1 aromatic carbocycles. The van der Waals surface area contributed by atoms with Crippen LogP contribution in [0, 0.1) is 5.92 Å². The second-order valence-corrected chi connectivity index (χ2v) is 6.85. The van der Waals surface area contributed by atoms with Crippen LogP contribution in [-0.4, -0.2) is 75.3 Å². The lowest BCUT2D eigenvalue weighted by molar-refractivity contribution is -0.151. The Bertz CT molecular complexity index is 660. The maximum absolute atomic E-state index is 13.3. The molecule has 2 atom stereocenters. The van der Waals surface area contributed by atoms with Crippen LogP contribution in [0.25, 0.3) is 0 Å². The van der Waals surface area contributed by atoms with Crippen molar-refractivity contribution in [3.8, 4) is 5.75 Å². The van der Waals surface area contributed by atoms with E-state index in [9.17, 15) is 9.59 Å². The van der Waals surface area contributed by atoms with Crippen LogP contribution >= 0.6 is 0 Å².